The van der Waals surface area contributed by atoms with Crippen LogP contribution in [0.4, 0.5) is 0 Å². The van der Waals surface area contributed by atoms with E-state index in [0.29, 0.717) is 66.6 Å². The van der Waals surface area contributed by atoms with Crippen LogP contribution in [0.2, 0.25) is 0 Å². The summed E-state index contributed by atoms with van der Waals surface area (Å²) in [6, 6.07) is 5.57. The van der Waals surface area contributed by atoms with Crippen molar-refractivity contribution in [2.45, 2.75) is 40.2 Å². The topological polar surface area (TPSA) is 210 Å². The van der Waals surface area contributed by atoms with Gasteiger partial charge >= 0.3 is 0 Å². The number of ether oxygens (including phenoxy) is 4. The second-order valence-electron chi connectivity index (χ2n) is 8.96. The third kappa shape index (κ3) is 9.21. The summed E-state index contributed by atoms with van der Waals surface area (Å²) in [6.07, 6.45) is 3.49. The van der Waals surface area contributed by atoms with Gasteiger partial charge in [-0.3, -0.25) is 0 Å². The van der Waals surface area contributed by atoms with Crippen LogP contribution in [-0.2, 0) is 54.6 Å². The lowest BCUT2D eigenvalue weighted by Gasteiger charge is -2.33. The van der Waals surface area contributed by atoms with Crippen LogP contribution in [0.3, 0.4) is 0 Å². The minimum Gasteiger partial charge on any atom is -0.456 e. The summed E-state index contributed by atoms with van der Waals surface area (Å²) in [5, 5.41) is 29.2. The molecule has 0 aliphatic heterocycles. The van der Waals surface area contributed by atoms with E-state index in [0.717, 1.165) is 16.5 Å². The molecule has 1 atom stereocenters. The highest BCUT2D eigenvalue weighted by molar-refractivity contribution is 6.07. The lowest BCUT2D eigenvalue weighted by Crippen LogP contribution is -2.21. The second kappa shape index (κ2) is 19.8. The average Bonchev–Trinajstić information content (AvgIpc) is 3.11. The molecule has 0 saturated heterocycles. The molecule has 0 amide bonds. The third-order valence-corrected chi connectivity index (χ3v) is 6.21. The van der Waals surface area contributed by atoms with Gasteiger partial charge in [0, 0.05) is 27.5 Å². The summed E-state index contributed by atoms with van der Waals surface area (Å²) in [5.41, 5.74) is 2.96. The van der Waals surface area contributed by atoms with Crippen molar-refractivity contribution in [1.29, 1.82) is 0 Å². The summed E-state index contributed by atoms with van der Waals surface area (Å²) in [4.78, 5) is 40.0. The highest BCUT2D eigenvalue weighted by Gasteiger charge is 2.37. The molecule has 0 aromatic heterocycles. The van der Waals surface area contributed by atoms with Crippen LogP contribution in [0.1, 0.15) is 50.5 Å². The van der Waals surface area contributed by atoms with Gasteiger partial charge < -0.3 is 57.6 Å². The SMILES string of the molecule is CCO/N=N/OCOC1=C2C=CCc3c(OCO/N=N/OCC)c(OCO/N=N/OCC)c4cccc(c4c32)C1OCO/N=N/OCC. The molecule has 2 aromatic rings. The Labute approximate surface area is 274 Å². The smallest absolute Gasteiger partial charge is 0.257 e. The molecule has 4 rings (SSSR count). The fraction of sp³-hybridized carbons (Fsp3) is 0.500. The molecular formula is C28H36N8O12. The molecule has 20 nitrogen and oxygen atoms in total. The van der Waals surface area contributed by atoms with Crippen molar-refractivity contribution >= 4 is 16.3 Å². The van der Waals surface area contributed by atoms with Crippen LogP contribution >= 0.6 is 0 Å². The predicted molar refractivity (Wildman–Crippen MR) is 160 cm³/mol. The fourth-order valence-corrected chi connectivity index (χ4v) is 4.63. The van der Waals surface area contributed by atoms with Gasteiger partial charge in [-0.15, -0.1) is 0 Å². The molecule has 20 heteroatoms. The monoisotopic (exact) mass is 676 g/mol. The standard InChI is InChI=1S/C28H36N8O12/c1-5-41-29-33-45-15-37-25-19-11-9-13-21-23(19)24-20(26(25)38-16-46-34-30-42-6-2)12-10-14-22(24)28(40-18-48-36-32-44-8-4)27(21)39-17-47-35-31-43-7-3/h9-13,25H,5-8,14-18H2,1-4H3/b33-29+,34-30+,35-31+,36-32+. The van der Waals surface area contributed by atoms with Crippen molar-refractivity contribution in [3.05, 3.63) is 52.8 Å². The van der Waals surface area contributed by atoms with Gasteiger partial charge in [0.05, 0.1) is 42.2 Å². The van der Waals surface area contributed by atoms with Gasteiger partial charge in [-0.2, -0.15) is 0 Å². The van der Waals surface area contributed by atoms with Crippen LogP contribution in [-0.4, -0.2) is 53.6 Å². The van der Waals surface area contributed by atoms with Crippen LogP contribution in [0.15, 0.2) is 78.3 Å². The highest BCUT2D eigenvalue weighted by Crippen LogP contribution is 2.53. The van der Waals surface area contributed by atoms with Crippen molar-refractivity contribution in [3.8, 4) is 11.5 Å². The Hall–Kier alpha value is -5.66. The maximum absolute atomic E-state index is 6.16. The van der Waals surface area contributed by atoms with Gasteiger partial charge in [0.2, 0.25) is 6.79 Å². The Morgan fingerprint density at radius 3 is 1.71 bits per heavy atom. The summed E-state index contributed by atoms with van der Waals surface area (Å²) in [6.45, 7) is 7.10. The molecule has 1 unspecified atom stereocenters. The summed E-state index contributed by atoms with van der Waals surface area (Å²) < 4.78 is 24.5. The molecule has 0 spiro atoms. The number of benzene rings is 2. The number of rotatable bonds is 24. The third-order valence-electron chi connectivity index (χ3n) is 6.21. The molecule has 0 fully saturated rings. The van der Waals surface area contributed by atoms with Crippen LogP contribution in [0, 0.1) is 0 Å². The zero-order valence-corrected chi connectivity index (χ0v) is 26.8. The Morgan fingerprint density at radius 2 is 1.12 bits per heavy atom. The first-order valence-corrected chi connectivity index (χ1v) is 14.9. The highest BCUT2D eigenvalue weighted by atomic mass is 16.8. The molecule has 0 bridgehead atoms. The lowest BCUT2D eigenvalue weighted by atomic mass is 9.79. The minimum absolute atomic E-state index is 0.300. The minimum atomic E-state index is -0.806. The first-order valence-electron chi connectivity index (χ1n) is 14.9. The Kier molecular flexibility index (Phi) is 14.5. The van der Waals surface area contributed by atoms with E-state index >= 15 is 0 Å². The molecule has 0 N–H and O–H groups in total. The number of hydrogen-bond acceptors (Lipinski definition) is 20. The van der Waals surface area contributed by atoms with Gasteiger partial charge in [0.15, 0.2) is 11.5 Å². The van der Waals surface area contributed by atoms with E-state index in [1.807, 2.05) is 30.4 Å². The largest absolute Gasteiger partial charge is 0.456 e. The van der Waals surface area contributed by atoms with E-state index in [4.69, 9.17) is 57.6 Å². The maximum Gasteiger partial charge on any atom is 0.257 e. The molecule has 2 aromatic carbocycles. The van der Waals surface area contributed by atoms with Crippen molar-refractivity contribution in [2.75, 3.05) is 53.6 Å². The molecule has 0 heterocycles. The van der Waals surface area contributed by atoms with E-state index in [-0.39, 0.29) is 27.2 Å². The van der Waals surface area contributed by atoms with Crippen molar-refractivity contribution < 1.29 is 57.6 Å². The first kappa shape index (κ1) is 35.2. The maximum atomic E-state index is 6.16. The fourth-order valence-electron chi connectivity index (χ4n) is 4.63. The van der Waals surface area contributed by atoms with Gasteiger partial charge in [0.25, 0.3) is 20.4 Å². The number of nitrogens with zero attached hydrogens (tertiary/aromatic N) is 8. The number of hydrogen-bond donors (Lipinski definition) is 0. The molecule has 2 aliphatic carbocycles. The summed E-state index contributed by atoms with van der Waals surface area (Å²) >= 11 is 0. The summed E-state index contributed by atoms with van der Waals surface area (Å²) in [5.74, 6) is 1.08. The number of allylic oxidation sites excluding steroid dienone is 3. The van der Waals surface area contributed by atoms with Crippen LogP contribution in [0.25, 0.3) is 16.3 Å². The Morgan fingerprint density at radius 1 is 0.604 bits per heavy atom. The van der Waals surface area contributed by atoms with Crippen molar-refractivity contribution in [2.24, 2.45) is 42.2 Å². The van der Waals surface area contributed by atoms with Crippen LogP contribution < -0.4 is 9.47 Å². The van der Waals surface area contributed by atoms with Crippen molar-refractivity contribution in [3.63, 3.8) is 0 Å². The molecular weight excluding hydrogens is 640 g/mol. The first-order chi connectivity index (χ1) is 23.8. The van der Waals surface area contributed by atoms with E-state index in [1.165, 1.54) is 0 Å². The summed E-state index contributed by atoms with van der Waals surface area (Å²) in [7, 11) is 0. The molecule has 0 saturated carbocycles. The van der Waals surface area contributed by atoms with Crippen LogP contribution in [0.5, 0.6) is 11.5 Å². The lowest BCUT2D eigenvalue weighted by molar-refractivity contribution is -0.121. The predicted octanol–water partition coefficient (Wildman–Crippen LogP) is 6.68. The molecule has 48 heavy (non-hydrogen) atoms. The molecule has 260 valence electrons. The van der Waals surface area contributed by atoms with E-state index in [1.54, 1.807) is 27.7 Å². The normalized spacial score (nSPS) is 15.0. The zero-order chi connectivity index (χ0) is 33.8. The second-order valence-corrected chi connectivity index (χ2v) is 8.96. The van der Waals surface area contributed by atoms with Gasteiger partial charge in [0.1, 0.15) is 38.3 Å². The van der Waals surface area contributed by atoms with Crippen molar-refractivity contribution in [1.82, 2.24) is 0 Å². The van der Waals surface area contributed by atoms with E-state index in [9.17, 15) is 0 Å². The molecule has 0 radical (unpaired) electrons. The average molecular weight is 677 g/mol. The zero-order valence-electron chi connectivity index (χ0n) is 26.8. The van der Waals surface area contributed by atoms with Gasteiger partial charge in [-0.25, -0.2) is 0 Å². The Balaban J connectivity index is 1.77. The van der Waals surface area contributed by atoms with Gasteiger partial charge in [-0.1, -0.05) is 30.4 Å². The van der Waals surface area contributed by atoms with E-state index < -0.39 is 6.10 Å². The van der Waals surface area contributed by atoms with E-state index in [2.05, 4.69) is 42.2 Å². The quantitative estimate of drug-likeness (QED) is 0.0493. The Bertz CT molecular complexity index is 1500. The van der Waals surface area contributed by atoms with Gasteiger partial charge in [-0.05, 0) is 39.7 Å². The molecule has 2 aliphatic rings.